The highest BCUT2D eigenvalue weighted by Gasteiger charge is 2.48. The smallest absolute Gasteiger partial charge is 0.226 e. The average Bonchev–Trinajstić information content (AvgIpc) is 3.26. The third kappa shape index (κ3) is 2.91. The highest BCUT2D eigenvalue weighted by molar-refractivity contribution is 7.91. The number of benzene rings is 1. The van der Waals surface area contributed by atoms with Gasteiger partial charge in [0.2, 0.25) is 5.91 Å². The van der Waals surface area contributed by atoms with Gasteiger partial charge in [0.15, 0.2) is 9.84 Å². The molecule has 3 rings (SSSR count). The fourth-order valence-electron chi connectivity index (χ4n) is 3.57. The van der Waals surface area contributed by atoms with Crippen molar-refractivity contribution in [3.8, 4) is 0 Å². The second-order valence-corrected chi connectivity index (χ2v) is 8.72. The average molecular weight is 321 g/mol. The van der Waals surface area contributed by atoms with Crippen molar-refractivity contribution in [2.75, 3.05) is 18.1 Å². The molecule has 1 heterocycles. The molecule has 3 atom stereocenters. The lowest BCUT2D eigenvalue weighted by Crippen LogP contribution is -2.50. The van der Waals surface area contributed by atoms with Crippen LogP contribution in [0.4, 0.5) is 0 Å². The second kappa shape index (κ2) is 5.69. The first-order chi connectivity index (χ1) is 10.4. The van der Waals surface area contributed by atoms with Gasteiger partial charge in [-0.3, -0.25) is 4.79 Å². The molecule has 1 aliphatic heterocycles. The number of nitrogens with zero attached hydrogens (tertiary/aromatic N) is 1. The SMILES string of the molecule is CCc1ccccc1[C@@H]1C[C@H]1C(=O)N1CCS(=O)(=O)CC1C. The number of aryl methyl sites for hydroxylation is 1. The maximum Gasteiger partial charge on any atom is 0.226 e. The number of amides is 1. The summed E-state index contributed by atoms with van der Waals surface area (Å²) in [7, 11) is -2.97. The van der Waals surface area contributed by atoms with Crippen molar-refractivity contribution < 1.29 is 13.2 Å². The van der Waals surface area contributed by atoms with Crippen LogP contribution < -0.4 is 0 Å². The minimum Gasteiger partial charge on any atom is -0.338 e. The molecule has 0 N–H and O–H groups in total. The van der Waals surface area contributed by atoms with Crippen molar-refractivity contribution in [3.05, 3.63) is 35.4 Å². The van der Waals surface area contributed by atoms with Crippen molar-refractivity contribution in [1.82, 2.24) is 4.90 Å². The number of sulfone groups is 1. The molecule has 0 spiro atoms. The summed E-state index contributed by atoms with van der Waals surface area (Å²) < 4.78 is 23.3. The summed E-state index contributed by atoms with van der Waals surface area (Å²) in [6.45, 7) is 4.32. The van der Waals surface area contributed by atoms with Gasteiger partial charge in [-0.1, -0.05) is 31.2 Å². The topological polar surface area (TPSA) is 54.5 Å². The Morgan fingerprint density at radius 1 is 1.32 bits per heavy atom. The first-order valence-electron chi connectivity index (χ1n) is 8.01. The van der Waals surface area contributed by atoms with Crippen molar-refractivity contribution in [1.29, 1.82) is 0 Å². The van der Waals surface area contributed by atoms with Gasteiger partial charge in [-0.15, -0.1) is 0 Å². The molecule has 5 heteroatoms. The quantitative estimate of drug-likeness (QED) is 0.855. The first kappa shape index (κ1) is 15.5. The standard InChI is InChI=1S/C17H23NO3S/c1-3-13-6-4-5-7-14(13)15-10-16(15)17(19)18-8-9-22(20,21)11-12(18)2/h4-7,12,15-16H,3,8-11H2,1-2H3/t12?,15-,16+/m0/s1. The van der Waals surface area contributed by atoms with Crippen LogP contribution in [0.3, 0.4) is 0 Å². The molecule has 4 nitrogen and oxygen atoms in total. The summed E-state index contributed by atoms with van der Waals surface area (Å²) in [6, 6.07) is 8.13. The molecule has 2 aliphatic rings. The summed E-state index contributed by atoms with van der Waals surface area (Å²) in [5.41, 5.74) is 2.61. The van der Waals surface area contributed by atoms with Gasteiger partial charge in [0.05, 0.1) is 11.5 Å². The molecule has 0 aromatic heterocycles. The van der Waals surface area contributed by atoms with E-state index in [9.17, 15) is 13.2 Å². The molecule has 1 amide bonds. The van der Waals surface area contributed by atoms with Gasteiger partial charge >= 0.3 is 0 Å². The summed E-state index contributed by atoms with van der Waals surface area (Å²) in [5, 5.41) is 0. The fraction of sp³-hybridized carbons (Fsp3) is 0.588. The Morgan fingerprint density at radius 3 is 2.73 bits per heavy atom. The second-order valence-electron chi connectivity index (χ2n) is 6.50. The predicted molar refractivity (Wildman–Crippen MR) is 86.5 cm³/mol. The number of rotatable bonds is 3. The van der Waals surface area contributed by atoms with Crippen LogP contribution in [0, 0.1) is 5.92 Å². The molecule has 0 bridgehead atoms. The van der Waals surface area contributed by atoms with Gasteiger partial charge in [-0.05, 0) is 36.8 Å². The number of hydrogen-bond acceptors (Lipinski definition) is 3. The third-order valence-corrected chi connectivity index (χ3v) is 6.69. The highest BCUT2D eigenvalue weighted by Crippen LogP contribution is 2.49. The summed E-state index contributed by atoms with van der Waals surface area (Å²) in [4.78, 5) is 14.5. The normalized spacial score (nSPS) is 30.1. The van der Waals surface area contributed by atoms with E-state index in [-0.39, 0.29) is 29.4 Å². The van der Waals surface area contributed by atoms with Gasteiger partial charge in [-0.25, -0.2) is 8.42 Å². The van der Waals surface area contributed by atoms with Crippen LogP contribution in [0.15, 0.2) is 24.3 Å². The Balaban J connectivity index is 1.71. The molecule has 1 aromatic carbocycles. The minimum atomic E-state index is -2.97. The zero-order chi connectivity index (χ0) is 15.9. The monoisotopic (exact) mass is 321 g/mol. The van der Waals surface area contributed by atoms with Crippen molar-refractivity contribution in [3.63, 3.8) is 0 Å². The number of carbonyl (C=O) groups excluding carboxylic acids is 1. The van der Waals surface area contributed by atoms with Gasteiger partial charge in [-0.2, -0.15) is 0 Å². The first-order valence-corrected chi connectivity index (χ1v) is 9.83. The van der Waals surface area contributed by atoms with E-state index in [4.69, 9.17) is 0 Å². The summed E-state index contributed by atoms with van der Waals surface area (Å²) in [5.74, 6) is 0.692. The predicted octanol–water partition coefficient (Wildman–Crippen LogP) is 2.00. The van der Waals surface area contributed by atoms with E-state index in [1.165, 1.54) is 11.1 Å². The maximum atomic E-state index is 12.7. The van der Waals surface area contributed by atoms with Gasteiger partial charge in [0, 0.05) is 18.5 Å². The van der Waals surface area contributed by atoms with Gasteiger partial charge in [0.1, 0.15) is 0 Å². The van der Waals surface area contributed by atoms with E-state index in [0.29, 0.717) is 12.5 Å². The van der Waals surface area contributed by atoms with Crippen molar-refractivity contribution >= 4 is 15.7 Å². The molecule has 0 radical (unpaired) electrons. The molecule has 22 heavy (non-hydrogen) atoms. The van der Waals surface area contributed by atoms with Gasteiger partial charge < -0.3 is 4.90 Å². The molecule has 1 aromatic rings. The van der Waals surface area contributed by atoms with Crippen molar-refractivity contribution in [2.45, 2.75) is 38.6 Å². The Labute approximate surface area is 132 Å². The molecule has 1 aliphatic carbocycles. The Kier molecular flexibility index (Phi) is 4.02. The van der Waals surface area contributed by atoms with E-state index in [1.54, 1.807) is 4.90 Å². The Morgan fingerprint density at radius 2 is 2.05 bits per heavy atom. The molecular formula is C17H23NO3S. The third-order valence-electron chi connectivity index (χ3n) is 4.90. The zero-order valence-electron chi connectivity index (χ0n) is 13.2. The van der Waals surface area contributed by atoms with Gasteiger partial charge in [0.25, 0.3) is 0 Å². The lowest BCUT2D eigenvalue weighted by Gasteiger charge is -2.33. The van der Waals surface area contributed by atoms with Crippen LogP contribution in [0.25, 0.3) is 0 Å². The fourth-order valence-corrected chi connectivity index (χ4v) is 5.13. The summed E-state index contributed by atoms with van der Waals surface area (Å²) >= 11 is 0. The van der Waals surface area contributed by atoms with E-state index in [0.717, 1.165) is 12.8 Å². The largest absolute Gasteiger partial charge is 0.338 e. The van der Waals surface area contributed by atoms with E-state index >= 15 is 0 Å². The zero-order valence-corrected chi connectivity index (χ0v) is 14.0. The highest BCUT2D eigenvalue weighted by atomic mass is 32.2. The van der Waals surface area contributed by atoms with Crippen LogP contribution in [-0.4, -0.2) is 43.3 Å². The van der Waals surface area contributed by atoms with Crippen LogP contribution in [0.5, 0.6) is 0 Å². The van der Waals surface area contributed by atoms with Crippen LogP contribution >= 0.6 is 0 Å². The van der Waals surface area contributed by atoms with Crippen LogP contribution in [0.1, 0.15) is 37.3 Å². The molecular weight excluding hydrogens is 298 g/mol. The molecule has 1 unspecified atom stereocenters. The van der Waals surface area contributed by atoms with E-state index in [2.05, 4.69) is 19.1 Å². The van der Waals surface area contributed by atoms with Crippen LogP contribution in [0.2, 0.25) is 0 Å². The minimum absolute atomic E-state index is 0.0379. The Bertz CT molecular complexity index is 683. The maximum absolute atomic E-state index is 12.7. The molecule has 1 saturated carbocycles. The molecule has 2 fully saturated rings. The number of carbonyl (C=O) groups is 1. The van der Waals surface area contributed by atoms with E-state index < -0.39 is 9.84 Å². The lowest BCUT2D eigenvalue weighted by molar-refractivity contribution is -0.134. The Hall–Kier alpha value is -1.36. The van der Waals surface area contributed by atoms with Crippen LogP contribution in [-0.2, 0) is 21.1 Å². The number of hydrogen-bond donors (Lipinski definition) is 0. The van der Waals surface area contributed by atoms with Crippen molar-refractivity contribution in [2.24, 2.45) is 5.92 Å². The summed E-state index contributed by atoms with van der Waals surface area (Å²) in [6.07, 6.45) is 1.87. The molecule has 1 saturated heterocycles. The molecule has 120 valence electrons. The lowest BCUT2D eigenvalue weighted by atomic mass is 10.00. The van der Waals surface area contributed by atoms with E-state index in [1.807, 2.05) is 19.1 Å².